The van der Waals surface area contributed by atoms with Gasteiger partial charge in [0, 0.05) is 38.7 Å². The maximum atomic E-state index is 11.3. The van der Waals surface area contributed by atoms with Crippen molar-refractivity contribution in [3.05, 3.63) is 86.8 Å². The summed E-state index contributed by atoms with van der Waals surface area (Å²) in [7, 11) is 0. The Hall–Kier alpha value is -2.20. The summed E-state index contributed by atoms with van der Waals surface area (Å²) >= 11 is 3.03. The van der Waals surface area contributed by atoms with Gasteiger partial charge in [0.25, 0.3) is 0 Å². The normalized spacial score (nSPS) is 26.9. The molecule has 0 fully saturated rings. The zero-order chi connectivity index (χ0) is 26.9. The van der Waals surface area contributed by atoms with Crippen molar-refractivity contribution in [2.45, 2.75) is 60.4 Å². The summed E-state index contributed by atoms with van der Waals surface area (Å²) in [5.41, 5.74) is 5.33. The number of aliphatic hydroxyl groups excluding tert-OH is 4. The van der Waals surface area contributed by atoms with Gasteiger partial charge >= 0.3 is 0 Å². The number of benzene rings is 2. The third-order valence-corrected chi connectivity index (χ3v) is 9.19. The molecule has 2 aromatic carbocycles. The molecule has 37 heavy (non-hydrogen) atoms. The fraction of sp³-hybridized carbons (Fsp3) is 0.379. The van der Waals surface area contributed by atoms with Gasteiger partial charge < -0.3 is 20.4 Å². The number of aliphatic hydroxyl groups is 4. The van der Waals surface area contributed by atoms with E-state index < -0.39 is 24.4 Å². The lowest BCUT2D eigenvalue weighted by Gasteiger charge is -2.46. The highest BCUT2D eigenvalue weighted by molar-refractivity contribution is 8.02. The van der Waals surface area contributed by atoms with Crippen LogP contribution >= 0.6 is 23.5 Å². The van der Waals surface area contributed by atoms with Crippen molar-refractivity contribution < 1.29 is 30.0 Å². The van der Waals surface area contributed by atoms with E-state index in [0.29, 0.717) is 11.1 Å². The lowest BCUT2D eigenvalue weighted by Crippen LogP contribution is -2.47. The van der Waals surface area contributed by atoms with Crippen molar-refractivity contribution in [2.75, 3.05) is 12.5 Å². The summed E-state index contributed by atoms with van der Waals surface area (Å²) in [6.45, 7) is 1.57. The summed E-state index contributed by atoms with van der Waals surface area (Å²) < 4.78 is 0. The van der Waals surface area contributed by atoms with Crippen LogP contribution < -0.4 is 0 Å². The van der Waals surface area contributed by atoms with E-state index in [1.165, 1.54) is 11.8 Å². The van der Waals surface area contributed by atoms with Gasteiger partial charge in [0.05, 0.1) is 24.4 Å². The Morgan fingerprint density at radius 3 is 2.14 bits per heavy atom. The van der Waals surface area contributed by atoms with Gasteiger partial charge in [-0.3, -0.25) is 9.59 Å². The van der Waals surface area contributed by atoms with Crippen LogP contribution in [-0.4, -0.2) is 69.9 Å². The number of rotatable bonds is 6. The molecule has 7 unspecified atom stereocenters. The molecule has 7 atom stereocenters. The first-order chi connectivity index (χ1) is 17.8. The van der Waals surface area contributed by atoms with Crippen molar-refractivity contribution in [3.8, 4) is 0 Å². The van der Waals surface area contributed by atoms with Crippen LogP contribution in [0.5, 0.6) is 0 Å². The summed E-state index contributed by atoms with van der Waals surface area (Å²) in [5.74, 6) is -0.907. The molecule has 6 rings (SSSR count). The van der Waals surface area contributed by atoms with Gasteiger partial charge in [-0.25, -0.2) is 0 Å². The summed E-state index contributed by atoms with van der Waals surface area (Å²) in [5, 5.41) is 40.1. The molecule has 0 saturated heterocycles. The Morgan fingerprint density at radius 1 is 0.919 bits per heavy atom. The average molecular weight is 541 g/mol. The van der Waals surface area contributed by atoms with Gasteiger partial charge in [-0.1, -0.05) is 36.4 Å². The van der Waals surface area contributed by atoms with Crippen LogP contribution in [0.15, 0.2) is 63.9 Å². The number of hydrogen-bond acceptors (Lipinski definition) is 8. The Labute approximate surface area is 225 Å². The van der Waals surface area contributed by atoms with Gasteiger partial charge in [-0.2, -0.15) is 0 Å². The highest BCUT2D eigenvalue weighted by Gasteiger charge is 2.49. The second kappa shape index (κ2) is 11.7. The highest BCUT2D eigenvalue weighted by Crippen LogP contribution is 2.54. The molecular formula is C29H32O6S2. The molecule has 0 radical (unpaired) electrons. The Bertz CT molecular complexity index is 1240. The van der Waals surface area contributed by atoms with Crippen LogP contribution in [0.2, 0.25) is 0 Å². The first-order valence-electron chi connectivity index (χ1n) is 12.2. The molecule has 0 saturated carbocycles. The molecule has 2 bridgehead atoms. The van der Waals surface area contributed by atoms with Gasteiger partial charge in [0.1, 0.15) is 6.29 Å². The number of carbonyl (C=O) groups excluding carboxylic acids is 2. The molecule has 4 aliphatic carbocycles. The minimum Gasteiger partial charge on any atom is -0.391 e. The first kappa shape index (κ1) is 27.8. The Kier molecular flexibility index (Phi) is 8.78. The van der Waals surface area contributed by atoms with Crippen molar-refractivity contribution >= 4 is 36.1 Å². The fourth-order valence-electron chi connectivity index (χ4n) is 5.65. The van der Waals surface area contributed by atoms with Gasteiger partial charge in [-0.15, -0.1) is 23.5 Å². The van der Waals surface area contributed by atoms with E-state index in [-0.39, 0.29) is 17.8 Å². The lowest BCUT2D eigenvalue weighted by molar-refractivity contribution is -0.106. The van der Waals surface area contributed by atoms with Gasteiger partial charge in [0.15, 0.2) is 6.29 Å². The third kappa shape index (κ3) is 4.99. The van der Waals surface area contributed by atoms with Gasteiger partial charge in [-0.05, 0) is 60.2 Å². The van der Waals surface area contributed by atoms with E-state index in [9.17, 15) is 30.0 Å². The summed E-state index contributed by atoms with van der Waals surface area (Å²) in [6.07, 6.45) is 6.86. The fourth-order valence-corrected chi connectivity index (χ4v) is 7.19. The van der Waals surface area contributed by atoms with Crippen LogP contribution in [0.4, 0.5) is 0 Å². The van der Waals surface area contributed by atoms with E-state index in [4.69, 9.17) is 0 Å². The van der Waals surface area contributed by atoms with E-state index >= 15 is 0 Å². The second-order valence-corrected chi connectivity index (χ2v) is 11.2. The first-order valence-corrected chi connectivity index (χ1v) is 14.6. The number of carbonyl (C=O) groups is 2. The molecule has 196 valence electrons. The lowest BCUT2D eigenvalue weighted by atomic mass is 9.64. The van der Waals surface area contributed by atoms with Crippen LogP contribution in [0, 0.1) is 0 Å². The number of aldehydes is 2. The van der Waals surface area contributed by atoms with E-state index in [1.807, 2.05) is 61.1 Å². The minimum absolute atomic E-state index is 0.252. The molecule has 0 aliphatic heterocycles. The largest absolute Gasteiger partial charge is 0.391 e. The molecule has 0 spiro atoms. The monoisotopic (exact) mass is 540 g/mol. The standard InChI is InChI=1S/C15H18O3S.C14H14O3S/c1-9(17)15(18)12-5-3-4-10-7-14(19-2)11(8-16)6-13(10)12;1-18-14-9(6-15)10-7-4-2-3-5-8(7)11(14)13(17)12(10)16/h3,5-9,12,15,17-18H,4H2,1-2H3;2-6,10-13,16-17H,1H3. The summed E-state index contributed by atoms with van der Waals surface area (Å²) in [4.78, 5) is 24.3. The highest BCUT2D eigenvalue weighted by atomic mass is 32.2. The van der Waals surface area contributed by atoms with E-state index in [0.717, 1.165) is 51.0 Å². The van der Waals surface area contributed by atoms with Crippen LogP contribution in [0.3, 0.4) is 0 Å². The SMILES string of the molecule is CSC1=C(C=O)C2c3ccccc3C1C(O)C2O.CSc1cc2c(cc1C=O)C(C(O)C(C)O)C=CC2. The minimum atomic E-state index is -0.888. The number of thioether (sulfide) groups is 2. The number of fused-ring (bicyclic) bond motifs is 2. The molecule has 8 heteroatoms. The molecule has 0 aromatic heterocycles. The molecule has 6 nitrogen and oxygen atoms in total. The number of hydrogen-bond donors (Lipinski definition) is 4. The van der Waals surface area contributed by atoms with E-state index in [1.54, 1.807) is 18.7 Å². The Balaban J connectivity index is 0.000000173. The summed E-state index contributed by atoms with van der Waals surface area (Å²) in [6, 6.07) is 11.6. The topological polar surface area (TPSA) is 115 Å². The molecule has 4 aliphatic rings. The maximum Gasteiger partial charge on any atom is 0.151 e. The van der Waals surface area contributed by atoms with Gasteiger partial charge in [0.2, 0.25) is 0 Å². The van der Waals surface area contributed by atoms with Crippen molar-refractivity contribution in [3.63, 3.8) is 0 Å². The molecule has 0 amide bonds. The predicted octanol–water partition coefficient (Wildman–Crippen LogP) is 3.58. The van der Waals surface area contributed by atoms with Crippen molar-refractivity contribution in [2.24, 2.45) is 0 Å². The zero-order valence-electron chi connectivity index (χ0n) is 20.9. The molecule has 2 aromatic rings. The molecular weight excluding hydrogens is 508 g/mol. The van der Waals surface area contributed by atoms with Crippen molar-refractivity contribution in [1.29, 1.82) is 0 Å². The Morgan fingerprint density at radius 2 is 1.57 bits per heavy atom. The van der Waals surface area contributed by atoms with E-state index in [2.05, 4.69) is 0 Å². The molecule has 4 N–H and O–H groups in total. The predicted molar refractivity (Wildman–Crippen MR) is 147 cm³/mol. The maximum absolute atomic E-state index is 11.3. The van der Waals surface area contributed by atoms with Crippen LogP contribution in [0.1, 0.15) is 57.3 Å². The molecule has 0 heterocycles. The smallest absolute Gasteiger partial charge is 0.151 e. The van der Waals surface area contributed by atoms with Crippen LogP contribution in [0.25, 0.3) is 0 Å². The zero-order valence-corrected chi connectivity index (χ0v) is 22.6. The third-order valence-electron chi connectivity index (χ3n) is 7.47. The van der Waals surface area contributed by atoms with Crippen LogP contribution in [-0.2, 0) is 11.2 Å². The average Bonchev–Trinajstić information content (AvgIpc) is 2.93. The second-order valence-electron chi connectivity index (χ2n) is 9.51. The van der Waals surface area contributed by atoms with Crippen molar-refractivity contribution in [1.82, 2.24) is 0 Å². The number of allylic oxidation sites excluding steroid dienone is 1. The quantitative estimate of drug-likeness (QED) is 0.250.